The molecule has 1 aliphatic carbocycles. The van der Waals surface area contributed by atoms with Gasteiger partial charge in [0, 0.05) is 11.7 Å². The molecule has 1 aliphatic rings. The van der Waals surface area contributed by atoms with Crippen LogP contribution in [-0.2, 0) is 19.6 Å². The maximum atomic E-state index is 12.7. The minimum atomic E-state index is -3.84. The highest BCUT2D eigenvalue weighted by Crippen LogP contribution is 2.21. The van der Waals surface area contributed by atoms with Crippen molar-refractivity contribution in [3.8, 4) is 5.75 Å². The molecule has 0 aromatic heterocycles. The fourth-order valence-corrected chi connectivity index (χ4v) is 4.68. The van der Waals surface area contributed by atoms with E-state index in [-0.39, 0.29) is 23.5 Å². The van der Waals surface area contributed by atoms with Crippen molar-refractivity contribution in [2.75, 3.05) is 11.3 Å². The molecule has 1 fully saturated rings. The van der Waals surface area contributed by atoms with Crippen LogP contribution < -0.4 is 14.8 Å². The van der Waals surface area contributed by atoms with Gasteiger partial charge in [0.25, 0.3) is 15.9 Å². The minimum Gasteiger partial charge on any atom is -0.481 e. The van der Waals surface area contributed by atoms with Crippen LogP contribution in [0.25, 0.3) is 0 Å². The zero-order chi connectivity index (χ0) is 23.8. The van der Waals surface area contributed by atoms with Crippen LogP contribution in [0.4, 0.5) is 5.69 Å². The standard InChI is InChI=1S/C24H30N2O6S/c1-3-31-24(28)18-9-11-20(12-10-18)26-33(29,30)22-15-13-21(14-16-22)32-17(2)23(27)25-19-7-5-4-6-8-19/h9-17,19,26H,3-8H2,1-2H3,(H,25,27)/t17-/m1/s1. The average Bonchev–Trinajstić information content (AvgIpc) is 2.80. The van der Waals surface area contributed by atoms with E-state index in [1.54, 1.807) is 13.8 Å². The van der Waals surface area contributed by atoms with Gasteiger partial charge in [-0.25, -0.2) is 13.2 Å². The smallest absolute Gasteiger partial charge is 0.338 e. The monoisotopic (exact) mass is 474 g/mol. The SMILES string of the molecule is CCOC(=O)c1ccc(NS(=O)(=O)c2ccc(O[C@H](C)C(=O)NC3CCCCC3)cc2)cc1. The van der Waals surface area contributed by atoms with Crippen LogP contribution in [0.1, 0.15) is 56.3 Å². The minimum absolute atomic E-state index is 0.0450. The summed E-state index contributed by atoms with van der Waals surface area (Å²) in [5.74, 6) is -0.241. The second kappa shape index (κ2) is 11.2. The number of carbonyl (C=O) groups excluding carboxylic acids is 2. The van der Waals surface area contributed by atoms with Gasteiger partial charge in [0.15, 0.2) is 6.10 Å². The van der Waals surface area contributed by atoms with Gasteiger partial charge in [-0.3, -0.25) is 9.52 Å². The number of hydrogen-bond acceptors (Lipinski definition) is 6. The summed E-state index contributed by atoms with van der Waals surface area (Å²) in [7, 11) is -3.84. The molecule has 33 heavy (non-hydrogen) atoms. The normalized spacial score (nSPS) is 15.3. The lowest BCUT2D eigenvalue weighted by atomic mass is 9.95. The molecule has 0 heterocycles. The molecule has 2 aromatic carbocycles. The number of rotatable bonds is 9. The van der Waals surface area contributed by atoms with Crippen molar-refractivity contribution in [2.45, 2.75) is 63.0 Å². The van der Waals surface area contributed by atoms with Crippen LogP contribution in [0.3, 0.4) is 0 Å². The Hall–Kier alpha value is -3.07. The molecule has 0 radical (unpaired) electrons. The number of hydrogen-bond donors (Lipinski definition) is 2. The third-order valence-electron chi connectivity index (χ3n) is 5.42. The van der Waals surface area contributed by atoms with E-state index in [2.05, 4.69) is 10.0 Å². The van der Waals surface area contributed by atoms with Gasteiger partial charge in [-0.15, -0.1) is 0 Å². The van der Waals surface area contributed by atoms with Crippen molar-refractivity contribution in [3.05, 3.63) is 54.1 Å². The Labute approximate surface area is 194 Å². The van der Waals surface area contributed by atoms with Crippen molar-refractivity contribution in [1.29, 1.82) is 0 Å². The Morgan fingerprint density at radius 3 is 2.24 bits per heavy atom. The van der Waals surface area contributed by atoms with Crippen molar-refractivity contribution in [3.63, 3.8) is 0 Å². The largest absolute Gasteiger partial charge is 0.481 e. The highest BCUT2D eigenvalue weighted by atomic mass is 32.2. The van der Waals surface area contributed by atoms with Crippen LogP contribution in [0.2, 0.25) is 0 Å². The van der Waals surface area contributed by atoms with Gasteiger partial charge in [0.2, 0.25) is 0 Å². The van der Waals surface area contributed by atoms with Crippen molar-refractivity contribution in [2.24, 2.45) is 0 Å². The second-order valence-electron chi connectivity index (χ2n) is 7.98. The number of esters is 1. The third kappa shape index (κ3) is 6.95. The van der Waals surface area contributed by atoms with Crippen molar-refractivity contribution < 1.29 is 27.5 Å². The van der Waals surface area contributed by atoms with E-state index >= 15 is 0 Å². The summed E-state index contributed by atoms with van der Waals surface area (Å²) in [6.07, 6.45) is 4.75. The number of ether oxygens (including phenoxy) is 2. The molecular weight excluding hydrogens is 444 g/mol. The molecule has 1 saturated carbocycles. The number of carbonyl (C=O) groups is 2. The molecule has 0 bridgehead atoms. The first-order valence-electron chi connectivity index (χ1n) is 11.2. The molecule has 0 spiro atoms. The Morgan fingerprint density at radius 2 is 1.64 bits per heavy atom. The highest BCUT2D eigenvalue weighted by Gasteiger charge is 2.21. The first kappa shape index (κ1) is 24.6. The molecular formula is C24H30N2O6S. The summed E-state index contributed by atoms with van der Waals surface area (Å²) >= 11 is 0. The van der Waals surface area contributed by atoms with E-state index in [1.165, 1.54) is 55.0 Å². The summed E-state index contributed by atoms with van der Waals surface area (Å²) in [6, 6.07) is 12.0. The lowest BCUT2D eigenvalue weighted by Gasteiger charge is -2.24. The van der Waals surface area contributed by atoms with Crippen LogP contribution in [0.5, 0.6) is 5.75 Å². The molecule has 178 valence electrons. The molecule has 3 rings (SSSR count). The van der Waals surface area contributed by atoms with Crippen LogP contribution >= 0.6 is 0 Å². The van der Waals surface area contributed by atoms with Gasteiger partial charge in [-0.2, -0.15) is 0 Å². The van der Waals surface area contributed by atoms with E-state index in [0.717, 1.165) is 25.7 Å². The van der Waals surface area contributed by atoms with Gasteiger partial charge in [-0.1, -0.05) is 19.3 Å². The topological polar surface area (TPSA) is 111 Å². The van der Waals surface area contributed by atoms with E-state index in [1.807, 2.05) is 0 Å². The van der Waals surface area contributed by atoms with Crippen LogP contribution in [-0.4, -0.2) is 39.0 Å². The first-order chi connectivity index (χ1) is 15.8. The molecule has 1 atom stereocenters. The highest BCUT2D eigenvalue weighted by molar-refractivity contribution is 7.92. The van der Waals surface area contributed by atoms with Crippen LogP contribution in [0.15, 0.2) is 53.4 Å². The summed E-state index contributed by atoms with van der Waals surface area (Å²) in [5, 5.41) is 3.02. The summed E-state index contributed by atoms with van der Waals surface area (Å²) < 4.78 is 38.4. The Bertz CT molecular complexity index is 1050. The Morgan fingerprint density at radius 1 is 1.00 bits per heavy atom. The number of nitrogens with one attached hydrogen (secondary N) is 2. The molecule has 0 saturated heterocycles. The molecule has 1 amide bonds. The van der Waals surface area contributed by atoms with E-state index < -0.39 is 22.1 Å². The van der Waals surface area contributed by atoms with Gasteiger partial charge < -0.3 is 14.8 Å². The summed E-state index contributed by atoms with van der Waals surface area (Å²) in [5.41, 5.74) is 0.652. The van der Waals surface area contributed by atoms with Crippen LogP contribution in [0, 0.1) is 0 Å². The second-order valence-corrected chi connectivity index (χ2v) is 9.66. The van der Waals surface area contributed by atoms with E-state index in [0.29, 0.717) is 17.0 Å². The van der Waals surface area contributed by atoms with Crippen molar-refractivity contribution >= 4 is 27.6 Å². The quantitative estimate of drug-likeness (QED) is 0.534. The maximum Gasteiger partial charge on any atom is 0.338 e. The molecule has 2 N–H and O–H groups in total. The zero-order valence-electron chi connectivity index (χ0n) is 18.9. The lowest BCUT2D eigenvalue weighted by Crippen LogP contribution is -2.43. The summed E-state index contributed by atoms with van der Waals surface area (Å²) in [4.78, 5) is 24.1. The molecule has 9 heteroatoms. The Kier molecular flexibility index (Phi) is 8.32. The molecule has 0 aliphatic heterocycles. The van der Waals surface area contributed by atoms with E-state index in [4.69, 9.17) is 9.47 Å². The lowest BCUT2D eigenvalue weighted by molar-refractivity contribution is -0.128. The first-order valence-corrected chi connectivity index (χ1v) is 12.6. The van der Waals surface area contributed by atoms with Gasteiger partial charge >= 0.3 is 5.97 Å². The third-order valence-corrected chi connectivity index (χ3v) is 6.81. The zero-order valence-corrected chi connectivity index (χ0v) is 19.7. The average molecular weight is 475 g/mol. The van der Waals surface area contributed by atoms with Crippen molar-refractivity contribution in [1.82, 2.24) is 5.32 Å². The fourth-order valence-electron chi connectivity index (χ4n) is 3.62. The maximum absolute atomic E-state index is 12.7. The number of amides is 1. The molecule has 2 aromatic rings. The number of benzene rings is 2. The predicted octanol–water partition coefficient (Wildman–Crippen LogP) is 3.88. The predicted molar refractivity (Wildman–Crippen MR) is 125 cm³/mol. The van der Waals surface area contributed by atoms with E-state index in [9.17, 15) is 18.0 Å². The fraction of sp³-hybridized carbons (Fsp3) is 0.417. The molecule has 8 nitrogen and oxygen atoms in total. The molecule has 0 unspecified atom stereocenters. The van der Waals surface area contributed by atoms with Gasteiger partial charge in [-0.05, 0) is 75.2 Å². The summed E-state index contributed by atoms with van der Waals surface area (Å²) in [6.45, 7) is 3.64. The van der Waals surface area contributed by atoms with Gasteiger partial charge in [0.1, 0.15) is 5.75 Å². The van der Waals surface area contributed by atoms with Gasteiger partial charge in [0.05, 0.1) is 17.1 Å². The number of sulfonamides is 1. The Balaban J connectivity index is 1.57. The number of anilines is 1.